The molecule has 0 aliphatic carbocycles. The number of thiazole rings is 1. The topological polar surface area (TPSA) is 42.7 Å². The SMILES string of the molecule is Cc1ncc(CNc2nccn2-c2ccccc2)s1. The zero-order valence-electron chi connectivity index (χ0n) is 10.6. The molecule has 0 radical (unpaired) electrons. The maximum atomic E-state index is 4.35. The smallest absolute Gasteiger partial charge is 0.207 e. The van der Waals surface area contributed by atoms with Gasteiger partial charge in [0.1, 0.15) is 0 Å². The van der Waals surface area contributed by atoms with Crippen LogP contribution in [0.2, 0.25) is 0 Å². The van der Waals surface area contributed by atoms with Gasteiger partial charge >= 0.3 is 0 Å². The molecule has 0 fully saturated rings. The molecule has 0 amide bonds. The molecule has 0 atom stereocenters. The van der Waals surface area contributed by atoms with Gasteiger partial charge in [-0.15, -0.1) is 11.3 Å². The molecule has 2 heterocycles. The minimum Gasteiger partial charge on any atom is -0.350 e. The van der Waals surface area contributed by atoms with Crippen molar-refractivity contribution < 1.29 is 0 Å². The second-order valence-corrected chi connectivity index (χ2v) is 5.47. The van der Waals surface area contributed by atoms with E-state index in [1.54, 1.807) is 17.5 Å². The number of nitrogens with one attached hydrogen (secondary N) is 1. The minimum atomic E-state index is 0.745. The van der Waals surface area contributed by atoms with E-state index < -0.39 is 0 Å². The number of benzene rings is 1. The van der Waals surface area contributed by atoms with Gasteiger partial charge in [0.15, 0.2) is 0 Å². The summed E-state index contributed by atoms with van der Waals surface area (Å²) in [5.74, 6) is 0.845. The first-order chi connectivity index (χ1) is 9.33. The molecule has 5 heteroatoms. The van der Waals surface area contributed by atoms with E-state index in [9.17, 15) is 0 Å². The maximum Gasteiger partial charge on any atom is 0.207 e. The lowest BCUT2D eigenvalue weighted by molar-refractivity contribution is 1.01. The monoisotopic (exact) mass is 270 g/mol. The van der Waals surface area contributed by atoms with Crippen LogP contribution in [0, 0.1) is 6.92 Å². The lowest BCUT2D eigenvalue weighted by Gasteiger charge is -2.08. The summed E-state index contributed by atoms with van der Waals surface area (Å²) in [6, 6.07) is 10.2. The van der Waals surface area contributed by atoms with Crippen molar-refractivity contribution in [2.45, 2.75) is 13.5 Å². The molecule has 3 rings (SSSR count). The minimum absolute atomic E-state index is 0.745. The summed E-state index contributed by atoms with van der Waals surface area (Å²) in [6.07, 6.45) is 5.66. The normalized spacial score (nSPS) is 10.6. The number of hydrogen-bond acceptors (Lipinski definition) is 4. The molecule has 96 valence electrons. The molecule has 0 aliphatic heterocycles. The van der Waals surface area contributed by atoms with E-state index in [0.29, 0.717) is 0 Å². The molecule has 0 saturated heterocycles. The Morgan fingerprint density at radius 1 is 1.21 bits per heavy atom. The number of imidazole rings is 1. The van der Waals surface area contributed by atoms with E-state index in [1.165, 1.54) is 4.88 Å². The highest BCUT2D eigenvalue weighted by Crippen LogP contribution is 2.16. The number of rotatable bonds is 4. The van der Waals surface area contributed by atoms with Crippen molar-refractivity contribution in [3.8, 4) is 5.69 Å². The van der Waals surface area contributed by atoms with Gasteiger partial charge in [-0.2, -0.15) is 0 Å². The first-order valence-corrected chi connectivity index (χ1v) is 6.88. The van der Waals surface area contributed by atoms with Crippen LogP contribution in [0.4, 0.5) is 5.95 Å². The molecule has 19 heavy (non-hydrogen) atoms. The molecule has 3 aromatic rings. The van der Waals surface area contributed by atoms with Crippen molar-refractivity contribution in [1.29, 1.82) is 0 Å². The highest BCUT2D eigenvalue weighted by molar-refractivity contribution is 7.11. The van der Waals surface area contributed by atoms with E-state index in [2.05, 4.69) is 27.4 Å². The van der Waals surface area contributed by atoms with Crippen LogP contribution < -0.4 is 5.32 Å². The van der Waals surface area contributed by atoms with Crippen LogP contribution in [0.5, 0.6) is 0 Å². The zero-order valence-corrected chi connectivity index (χ0v) is 11.4. The fourth-order valence-electron chi connectivity index (χ4n) is 1.88. The van der Waals surface area contributed by atoms with Gasteiger partial charge in [-0.05, 0) is 19.1 Å². The van der Waals surface area contributed by atoms with Crippen molar-refractivity contribution >= 4 is 17.3 Å². The third-order valence-corrected chi connectivity index (χ3v) is 3.68. The Morgan fingerprint density at radius 3 is 2.79 bits per heavy atom. The van der Waals surface area contributed by atoms with Crippen molar-refractivity contribution in [1.82, 2.24) is 14.5 Å². The Labute approximate surface area is 115 Å². The van der Waals surface area contributed by atoms with E-state index >= 15 is 0 Å². The Balaban J connectivity index is 1.77. The summed E-state index contributed by atoms with van der Waals surface area (Å²) in [7, 11) is 0. The zero-order chi connectivity index (χ0) is 13.1. The van der Waals surface area contributed by atoms with Crippen molar-refractivity contribution in [3.05, 3.63) is 58.8 Å². The summed E-state index contributed by atoms with van der Waals surface area (Å²) >= 11 is 1.70. The third-order valence-electron chi connectivity index (χ3n) is 2.76. The summed E-state index contributed by atoms with van der Waals surface area (Å²) in [4.78, 5) is 9.81. The van der Waals surface area contributed by atoms with Gasteiger partial charge < -0.3 is 5.32 Å². The fourth-order valence-corrected chi connectivity index (χ4v) is 2.62. The quantitative estimate of drug-likeness (QED) is 0.791. The molecular formula is C14H14N4S. The Bertz CT molecular complexity index is 657. The fraction of sp³-hybridized carbons (Fsp3) is 0.143. The van der Waals surface area contributed by atoms with Crippen LogP contribution in [0.3, 0.4) is 0 Å². The van der Waals surface area contributed by atoms with E-state index in [-0.39, 0.29) is 0 Å². The molecule has 0 bridgehead atoms. The number of aryl methyl sites for hydroxylation is 1. The van der Waals surface area contributed by atoms with Gasteiger partial charge in [-0.3, -0.25) is 4.57 Å². The number of nitrogens with zero attached hydrogens (tertiary/aromatic N) is 3. The van der Waals surface area contributed by atoms with E-state index in [4.69, 9.17) is 0 Å². The standard InChI is InChI=1S/C14H14N4S/c1-11-16-9-13(19-11)10-17-14-15-7-8-18(14)12-5-3-2-4-6-12/h2-9H,10H2,1H3,(H,15,17). The Hall–Kier alpha value is -2.14. The Morgan fingerprint density at radius 2 is 2.05 bits per heavy atom. The second kappa shape index (κ2) is 5.24. The number of hydrogen-bond donors (Lipinski definition) is 1. The molecule has 0 unspecified atom stereocenters. The average molecular weight is 270 g/mol. The van der Waals surface area contributed by atoms with Crippen molar-refractivity contribution in [2.24, 2.45) is 0 Å². The predicted octanol–water partition coefficient (Wildman–Crippen LogP) is 3.25. The highest BCUT2D eigenvalue weighted by atomic mass is 32.1. The average Bonchev–Trinajstić information content (AvgIpc) is 3.06. The van der Waals surface area contributed by atoms with Gasteiger partial charge in [-0.1, -0.05) is 18.2 Å². The molecule has 2 aromatic heterocycles. The van der Waals surface area contributed by atoms with Crippen LogP contribution in [-0.2, 0) is 6.54 Å². The number of aromatic nitrogens is 3. The summed E-state index contributed by atoms with van der Waals surface area (Å²) in [6.45, 7) is 2.76. The molecule has 1 N–H and O–H groups in total. The molecule has 4 nitrogen and oxygen atoms in total. The van der Waals surface area contributed by atoms with Crippen LogP contribution >= 0.6 is 11.3 Å². The van der Waals surface area contributed by atoms with Gasteiger partial charge in [0.2, 0.25) is 5.95 Å². The molecule has 0 aliphatic rings. The van der Waals surface area contributed by atoms with Gasteiger partial charge in [0.25, 0.3) is 0 Å². The number of para-hydroxylation sites is 1. The highest BCUT2D eigenvalue weighted by Gasteiger charge is 2.05. The first kappa shape index (κ1) is 11.9. The first-order valence-electron chi connectivity index (χ1n) is 6.07. The van der Waals surface area contributed by atoms with Crippen molar-refractivity contribution in [3.63, 3.8) is 0 Å². The number of anilines is 1. The van der Waals surface area contributed by atoms with Crippen molar-refractivity contribution in [2.75, 3.05) is 5.32 Å². The Kier molecular flexibility index (Phi) is 3.29. The lowest BCUT2D eigenvalue weighted by Crippen LogP contribution is -2.05. The van der Waals surface area contributed by atoms with E-state index in [0.717, 1.165) is 23.2 Å². The van der Waals surface area contributed by atoms with E-state index in [1.807, 2.05) is 42.1 Å². The summed E-state index contributed by atoms with van der Waals surface area (Å²) < 4.78 is 2.04. The lowest BCUT2D eigenvalue weighted by atomic mass is 10.3. The third kappa shape index (κ3) is 2.66. The largest absolute Gasteiger partial charge is 0.350 e. The summed E-state index contributed by atoms with van der Waals surface area (Å²) in [5.41, 5.74) is 1.10. The molecule has 1 aromatic carbocycles. The van der Waals surface area contributed by atoms with Crippen LogP contribution in [0.1, 0.15) is 9.88 Å². The van der Waals surface area contributed by atoms with Crippen LogP contribution in [0.15, 0.2) is 48.9 Å². The summed E-state index contributed by atoms with van der Waals surface area (Å²) in [5, 5.41) is 4.43. The predicted molar refractivity (Wildman–Crippen MR) is 77.7 cm³/mol. The van der Waals surface area contributed by atoms with Crippen LogP contribution in [-0.4, -0.2) is 14.5 Å². The van der Waals surface area contributed by atoms with Gasteiger partial charge in [0, 0.05) is 29.2 Å². The van der Waals surface area contributed by atoms with Crippen LogP contribution in [0.25, 0.3) is 5.69 Å². The molecule has 0 spiro atoms. The maximum absolute atomic E-state index is 4.35. The molecule has 0 saturated carbocycles. The van der Waals surface area contributed by atoms with Gasteiger partial charge in [0.05, 0.1) is 11.6 Å². The second-order valence-electron chi connectivity index (χ2n) is 4.16. The van der Waals surface area contributed by atoms with Gasteiger partial charge in [-0.25, -0.2) is 9.97 Å². The molecular weight excluding hydrogens is 256 g/mol.